The SMILES string of the molecule is Cc1cc(NC(=O)CNS(=O)(=O)c2cccc(Cl)c2)no1. The lowest BCUT2D eigenvalue weighted by Crippen LogP contribution is -2.32. The van der Waals surface area contributed by atoms with E-state index in [9.17, 15) is 13.2 Å². The molecule has 0 bridgehead atoms. The molecule has 2 rings (SSSR count). The standard InChI is InChI=1S/C12H12ClN3O4S/c1-8-5-11(16-20-8)15-12(17)7-14-21(18,19)10-4-2-3-9(13)6-10/h2-6,14H,7H2,1H3,(H,15,16,17). The van der Waals surface area contributed by atoms with E-state index in [0.717, 1.165) is 0 Å². The summed E-state index contributed by atoms with van der Waals surface area (Å²) in [4.78, 5) is 11.6. The second-order valence-corrected chi connectivity index (χ2v) is 6.36. The van der Waals surface area contributed by atoms with Gasteiger partial charge < -0.3 is 9.84 Å². The minimum atomic E-state index is -3.80. The highest BCUT2D eigenvalue weighted by molar-refractivity contribution is 7.89. The van der Waals surface area contributed by atoms with E-state index in [2.05, 4.69) is 15.2 Å². The molecule has 1 aromatic carbocycles. The normalized spacial score (nSPS) is 11.3. The molecule has 2 aromatic rings. The molecule has 1 aromatic heterocycles. The number of hydrogen-bond acceptors (Lipinski definition) is 5. The second-order valence-electron chi connectivity index (χ2n) is 4.15. The van der Waals surface area contributed by atoms with Gasteiger partial charge in [0.05, 0.1) is 11.4 Å². The van der Waals surface area contributed by atoms with E-state index < -0.39 is 22.5 Å². The number of halogens is 1. The predicted octanol–water partition coefficient (Wildman–Crippen LogP) is 1.55. The summed E-state index contributed by atoms with van der Waals surface area (Å²) in [6, 6.07) is 7.26. The van der Waals surface area contributed by atoms with Crippen molar-refractivity contribution in [1.29, 1.82) is 0 Å². The quantitative estimate of drug-likeness (QED) is 0.866. The fourth-order valence-electron chi connectivity index (χ4n) is 1.49. The van der Waals surface area contributed by atoms with Crippen molar-refractivity contribution in [2.24, 2.45) is 0 Å². The third-order valence-corrected chi connectivity index (χ3v) is 4.06. The Hall–Kier alpha value is -1.90. The van der Waals surface area contributed by atoms with E-state index in [4.69, 9.17) is 16.1 Å². The average Bonchev–Trinajstić information content (AvgIpc) is 2.82. The third kappa shape index (κ3) is 4.28. The first kappa shape index (κ1) is 15.5. The van der Waals surface area contributed by atoms with Gasteiger partial charge in [-0.25, -0.2) is 13.1 Å². The van der Waals surface area contributed by atoms with Crippen molar-refractivity contribution < 1.29 is 17.7 Å². The molecule has 0 radical (unpaired) electrons. The van der Waals surface area contributed by atoms with Crippen molar-refractivity contribution in [2.75, 3.05) is 11.9 Å². The Morgan fingerprint density at radius 3 is 2.76 bits per heavy atom. The molecule has 0 saturated carbocycles. The highest BCUT2D eigenvalue weighted by Gasteiger charge is 2.16. The maximum Gasteiger partial charge on any atom is 0.241 e. The van der Waals surface area contributed by atoms with Gasteiger partial charge in [0.25, 0.3) is 0 Å². The number of nitrogens with one attached hydrogen (secondary N) is 2. The summed E-state index contributed by atoms with van der Waals surface area (Å²) in [6.45, 7) is 1.24. The number of carbonyl (C=O) groups is 1. The molecule has 0 atom stereocenters. The van der Waals surface area contributed by atoms with Gasteiger partial charge in [0.2, 0.25) is 15.9 Å². The fraction of sp³-hybridized carbons (Fsp3) is 0.167. The molecule has 0 aliphatic rings. The number of aromatic nitrogens is 1. The summed E-state index contributed by atoms with van der Waals surface area (Å²) in [5.74, 6) is 0.193. The zero-order valence-corrected chi connectivity index (χ0v) is 12.5. The number of sulfonamides is 1. The summed E-state index contributed by atoms with van der Waals surface area (Å²) in [5.41, 5.74) is 0. The molecule has 7 nitrogen and oxygen atoms in total. The lowest BCUT2D eigenvalue weighted by atomic mass is 10.4. The number of amides is 1. The molecule has 1 heterocycles. The van der Waals surface area contributed by atoms with Gasteiger partial charge in [-0.3, -0.25) is 4.79 Å². The number of aryl methyl sites for hydroxylation is 1. The van der Waals surface area contributed by atoms with Crippen molar-refractivity contribution >= 4 is 33.3 Å². The van der Waals surface area contributed by atoms with Gasteiger partial charge in [-0.05, 0) is 25.1 Å². The second kappa shape index (κ2) is 6.25. The first-order chi connectivity index (χ1) is 9.87. The van der Waals surface area contributed by atoms with Gasteiger partial charge in [0, 0.05) is 11.1 Å². The first-order valence-electron chi connectivity index (χ1n) is 5.85. The lowest BCUT2D eigenvalue weighted by Gasteiger charge is -2.06. The van der Waals surface area contributed by atoms with Crippen LogP contribution in [0.4, 0.5) is 5.82 Å². The van der Waals surface area contributed by atoms with Crippen molar-refractivity contribution in [3.8, 4) is 0 Å². The van der Waals surface area contributed by atoms with E-state index in [-0.39, 0.29) is 10.7 Å². The number of benzene rings is 1. The Kier molecular flexibility index (Phi) is 4.61. The van der Waals surface area contributed by atoms with Crippen molar-refractivity contribution in [3.05, 3.63) is 41.1 Å². The van der Waals surface area contributed by atoms with Crippen molar-refractivity contribution in [2.45, 2.75) is 11.8 Å². The van der Waals surface area contributed by atoms with Crippen LogP contribution in [-0.4, -0.2) is 26.0 Å². The lowest BCUT2D eigenvalue weighted by molar-refractivity contribution is -0.115. The number of nitrogens with zero attached hydrogens (tertiary/aromatic N) is 1. The molecule has 0 aliphatic carbocycles. The summed E-state index contributed by atoms with van der Waals surface area (Å²) in [6.07, 6.45) is 0. The topological polar surface area (TPSA) is 101 Å². The van der Waals surface area contributed by atoms with Gasteiger partial charge in [-0.1, -0.05) is 22.8 Å². The smallest absolute Gasteiger partial charge is 0.241 e. The first-order valence-corrected chi connectivity index (χ1v) is 7.71. The highest BCUT2D eigenvalue weighted by atomic mass is 35.5. The monoisotopic (exact) mass is 329 g/mol. The van der Waals surface area contributed by atoms with E-state index in [0.29, 0.717) is 10.8 Å². The van der Waals surface area contributed by atoms with Crippen molar-refractivity contribution in [1.82, 2.24) is 9.88 Å². The number of carbonyl (C=O) groups excluding carboxylic acids is 1. The molecule has 0 saturated heterocycles. The molecule has 1 amide bonds. The van der Waals surface area contributed by atoms with E-state index in [1.807, 2.05) is 0 Å². The minimum absolute atomic E-state index is 0.0138. The van der Waals surface area contributed by atoms with Crippen molar-refractivity contribution in [3.63, 3.8) is 0 Å². The highest BCUT2D eigenvalue weighted by Crippen LogP contribution is 2.15. The maximum atomic E-state index is 12.0. The molecule has 9 heteroatoms. The van der Waals surface area contributed by atoms with Crippen LogP contribution < -0.4 is 10.0 Å². The molecular weight excluding hydrogens is 318 g/mol. The number of hydrogen-bond donors (Lipinski definition) is 2. The molecular formula is C12H12ClN3O4S. The van der Waals surface area contributed by atoms with Crippen LogP contribution in [0.25, 0.3) is 0 Å². The average molecular weight is 330 g/mol. The summed E-state index contributed by atoms with van der Waals surface area (Å²) >= 11 is 5.73. The molecule has 0 aliphatic heterocycles. The third-order valence-electron chi connectivity index (χ3n) is 2.42. The van der Waals surface area contributed by atoms with E-state index >= 15 is 0 Å². The molecule has 0 fully saturated rings. The molecule has 112 valence electrons. The van der Waals surface area contributed by atoms with Gasteiger partial charge in [0.1, 0.15) is 5.76 Å². The van der Waals surface area contributed by atoms with Crippen LogP contribution in [0.3, 0.4) is 0 Å². The van der Waals surface area contributed by atoms with Crippen LogP contribution in [0.1, 0.15) is 5.76 Å². The summed E-state index contributed by atoms with van der Waals surface area (Å²) in [7, 11) is -3.80. The van der Waals surface area contributed by atoms with Gasteiger partial charge >= 0.3 is 0 Å². The van der Waals surface area contributed by atoms with E-state index in [1.165, 1.54) is 24.3 Å². The number of rotatable bonds is 5. The van der Waals surface area contributed by atoms with Crippen LogP contribution in [-0.2, 0) is 14.8 Å². The van der Waals surface area contributed by atoms with Gasteiger partial charge in [0.15, 0.2) is 5.82 Å². The van der Waals surface area contributed by atoms with Crippen LogP contribution in [0.2, 0.25) is 5.02 Å². The van der Waals surface area contributed by atoms with Crippen LogP contribution in [0, 0.1) is 6.92 Å². The Morgan fingerprint density at radius 1 is 1.38 bits per heavy atom. The molecule has 0 spiro atoms. The molecule has 2 N–H and O–H groups in total. The van der Waals surface area contributed by atoms with Gasteiger partial charge in [-0.2, -0.15) is 0 Å². The zero-order valence-electron chi connectivity index (χ0n) is 11.0. The molecule has 21 heavy (non-hydrogen) atoms. The summed E-state index contributed by atoms with van der Waals surface area (Å²) in [5, 5.41) is 6.26. The largest absolute Gasteiger partial charge is 0.360 e. The van der Waals surface area contributed by atoms with E-state index in [1.54, 1.807) is 13.0 Å². The van der Waals surface area contributed by atoms with Gasteiger partial charge in [-0.15, -0.1) is 0 Å². The Bertz CT molecular complexity index is 757. The van der Waals surface area contributed by atoms with Crippen LogP contribution >= 0.6 is 11.6 Å². The Labute approximate surface area is 126 Å². The maximum absolute atomic E-state index is 12.0. The van der Waals surface area contributed by atoms with Crippen LogP contribution in [0.5, 0.6) is 0 Å². The zero-order chi connectivity index (χ0) is 15.5. The Morgan fingerprint density at radius 2 is 2.14 bits per heavy atom. The number of anilines is 1. The summed E-state index contributed by atoms with van der Waals surface area (Å²) < 4.78 is 30.9. The molecule has 0 unspecified atom stereocenters. The minimum Gasteiger partial charge on any atom is -0.360 e. The van der Waals surface area contributed by atoms with Crippen LogP contribution in [0.15, 0.2) is 39.8 Å². The predicted molar refractivity (Wildman–Crippen MR) is 76.5 cm³/mol. The Balaban J connectivity index is 1.97. The fourth-order valence-corrected chi connectivity index (χ4v) is 2.77.